The molecule has 22 heavy (non-hydrogen) atoms. The van der Waals surface area contributed by atoms with Crippen molar-refractivity contribution in [3.8, 4) is 11.4 Å². The van der Waals surface area contributed by atoms with Crippen molar-refractivity contribution in [1.82, 2.24) is 9.36 Å². The summed E-state index contributed by atoms with van der Waals surface area (Å²) in [4.78, 5) is 6.55. The van der Waals surface area contributed by atoms with Crippen LogP contribution in [-0.4, -0.2) is 35.2 Å². The molecule has 1 unspecified atom stereocenters. The Hall–Kier alpha value is -1.60. The summed E-state index contributed by atoms with van der Waals surface area (Å²) in [5, 5.41) is 0.752. The van der Waals surface area contributed by atoms with E-state index in [9.17, 15) is 8.78 Å². The number of methoxy groups -OCH3 is 1. The lowest BCUT2D eigenvalue weighted by Crippen LogP contribution is -2.47. The molecule has 2 aromatic rings. The normalized spacial score (nSPS) is 22.1. The predicted molar refractivity (Wildman–Crippen MR) is 82.1 cm³/mol. The number of rotatable bonds is 3. The first-order valence-corrected chi connectivity index (χ1v) is 7.87. The summed E-state index contributed by atoms with van der Waals surface area (Å²) in [6, 6.07) is 3.32. The smallest absolute Gasteiger partial charge is 0.205 e. The van der Waals surface area contributed by atoms with Crippen LogP contribution in [0.2, 0.25) is 0 Å². The second-order valence-corrected chi connectivity index (χ2v) is 6.47. The molecule has 3 rings (SSSR count). The molecule has 4 nitrogen and oxygen atoms in total. The molecule has 2 heterocycles. The highest BCUT2D eigenvalue weighted by Crippen LogP contribution is 2.31. The summed E-state index contributed by atoms with van der Waals surface area (Å²) in [7, 11) is 1.71. The Morgan fingerprint density at radius 1 is 1.27 bits per heavy atom. The third-order valence-corrected chi connectivity index (χ3v) is 4.74. The highest BCUT2D eigenvalue weighted by Gasteiger charge is 2.32. The number of hydrogen-bond donors (Lipinski definition) is 0. The Balaban J connectivity index is 1.84. The first-order chi connectivity index (χ1) is 10.5. The molecule has 0 N–H and O–H groups in total. The van der Waals surface area contributed by atoms with Crippen molar-refractivity contribution in [3.05, 3.63) is 29.8 Å². The lowest BCUT2D eigenvalue weighted by molar-refractivity contribution is -0.00465. The van der Waals surface area contributed by atoms with Crippen molar-refractivity contribution in [1.29, 1.82) is 0 Å². The van der Waals surface area contributed by atoms with Gasteiger partial charge in [0.05, 0.1) is 5.60 Å². The molecule has 0 saturated carbocycles. The van der Waals surface area contributed by atoms with Crippen molar-refractivity contribution in [3.63, 3.8) is 0 Å². The van der Waals surface area contributed by atoms with Gasteiger partial charge in [-0.05, 0) is 31.9 Å². The number of benzene rings is 1. The van der Waals surface area contributed by atoms with Crippen LogP contribution in [0.4, 0.5) is 13.9 Å². The quantitative estimate of drug-likeness (QED) is 0.866. The molecular weight excluding hydrogens is 308 g/mol. The van der Waals surface area contributed by atoms with Crippen molar-refractivity contribution < 1.29 is 13.5 Å². The summed E-state index contributed by atoms with van der Waals surface area (Å²) in [5.74, 6) is -0.907. The van der Waals surface area contributed by atoms with Gasteiger partial charge in [0.25, 0.3) is 0 Å². The fourth-order valence-corrected chi connectivity index (χ4v) is 3.39. The van der Waals surface area contributed by atoms with Crippen LogP contribution >= 0.6 is 11.5 Å². The van der Waals surface area contributed by atoms with Crippen LogP contribution in [0.3, 0.4) is 0 Å². The van der Waals surface area contributed by atoms with Gasteiger partial charge in [0.2, 0.25) is 5.13 Å². The first kappa shape index (κ1) is 15.3. The molecule has 1 aromatic carbocycles. The molecule has 0 radical (unpaired) electrons. The van der Waals surface area contributed by atoms with E-state index < -0.39 is 11.6 Å². The molecule has 0 aliphatic carbocycles. The SMILES string of the molecule is COC1(C)CCCN(c2nc(-c3cc(F)cc(F)c3)ns2)C1. The van der Waals surface area contributed by atoms with Crippen LogP contribution in [0.1, 0.15) is 19.8 Å². The largest absolute Gasteiger partial charge is 0.377 e. The Morgan fingerprint density at radius 2 is 2.00 bits per heavy atom. The highest BCUT2D eigenvalue weighted by molar-refractivity contribution is 7.09. The molecule has 1 aliphatic heterocycles. The Labute approximate surface area is 131 Å². The molecule has 1 fully saturated rings. The van der Waals surface area contributed by atoms with E-state index in [1.807, 2.05) is 0 Å². The second kappa shape index (κ2) is 5.89. The summed E-state index contributed by atoms with van der Waals surface area (Å²) >= 11 is 1.24. The van der Waals surface area contributed by atoms with Crippen LogP contribution in [0.5, 0.6) is 0 Å². The van der Waals surface area contributed by atoms with E-state index in [-0.39, 0.29) is 5.60 Å². The Bertz CT molecular complexity index is 658. The van der Waals surface area contributed by atoms with Crippen molar-refractivity contribution in [2.45, 2.75) is 25.4 Å². The number of aromatic nitrogens is 2. The van der Waals surface area contributed by atoms with E-state index in [0.717, 1.165) is 37.1 Å². The van der Waals surface area contributed by atoms with Gasteiger partial charge in [-0.25, -0.2) is 8.78 Å². The molecule has 1 aromatic heterocycles. The minimum Gasteiger partial charge on any atom is -0.377 e. The molecule has 1 atom stereocenters. The minimum absolute atomic E-state index is 0.199. The topological polar surface area (TPSA) is 38.2 Å². The predicted octanol–water partition coefficient (Wildman–Crippen LogP) is 3.49. The van der Waals surface area contributed by atoms with Crippen LogP contribution in [-0.2, 0) is 4.74 Å². The zero-order valence-corrected chi connectivity index (χ0v) is 13.3. The van der Waals surface area contributed by atoms with Gasteiger partial charge in [-0.2, -0.15) is 9.36 Å². The van der Waals surface area contributed by atoms with Gasteiger partial charge in [0, 0.05) is 43.4 Å². The van der Waals surface area contributed by atoms with E-state index in [0.29, 0.717) is 11.4 Å². The maximum absolute atomic E-state index is 13.3. The number of anilines is 1. The fourth-order valence-electron chi connectivity index (χ4n) is 2.68. The molecule has 118 valence electrons. The molecule has 0 amide bonds. The van der Waals surface area contributed by atoms with Crippen LogP contribution in [0, 0.1) is 11.6 Å². The highest BCUT2D eigenvalue weighted by atomic mass is 32.1. The summed E-state index contributed by atoms with van der Waals surface area (Å²) in [6.45, 7) is 3.68. The maximum Gasteiger partial charge on any atom is 0.205 e. The third-order valence-electron chi connectivity index (χ3n) is 3.96. The summed E-state index contributed by atoms with van der Waals surface area (Å²) in [6.07, 6.45) is 2.01. The monoisotopic (exact) mass is 325 g/mol. The summed E-state index contributed by atoms with van der Waals surface area (Å²) in [5.41, 5.74) is 0.154. The van der Waals surface area contributed by atoms with Crippen LogP contribution in [0.15, 0.2) is 18.2 Å². The van der Waals surface area contributed by atoms with E-state index in [1.54, 1.807) is 7.11 Å². The van der Waals surface area contributed by atoms with Gasteiger partial charge in [-0.3, -0.25) is 0 Å². The van der Waals surface area contributed by atoms with Crippen LogP contribution in [0.25, 0.3) is 11.4 Å². The van der Waals surface area contributed by atoms with Gasteiger partial charge in [0.1, 0.15) is 11.6 Å². The van der Waals surface area contributed by atoms with E-state index in [1.165, 1.54) is 23.7 Å². The number of nitrogens with zero attached hydrogens (tertiary/aromatic N) is 3. The molecule has 1 aliphatic rings. The van der Waals surface area contributed by atoms with Crippen molar-refractivity contribution in [2.75, 3.05) is 25.1 Å². The number of ether oxygens (including phenoxy) is 1. The first-order valence-electron chi connectivity index (χ1n) is 7.09. The average Bonchev–Trinajstić information content (AvgIpc) is 2.96. The standard InChI is InChI=1S/C15H17F2N3OS/c1-15(21-2)4-3-5-20(9-15)14-18-13(19-22-14)10-6-11(16)8-12(17)7-10/h6-8H,3-5,9H2,1-2H3. The van der Waals surface area contributed by atoms with Gasteiger partial charge in [-0.1, -0.05) is 0 Å². The maximum atomic E-state index is 13.3. The van der Waals surface area contributed by atoms with Gasteiger partial charge < -0.3 is 9.64 Å². The number of piperidine rings is 1. The van der Waals surface area contributed by atoms with Crippen molar-refractivity contribution >= 4 is 16.7 Å². The lowest BCUT2D eigenvalue weighted by atomic mass is 9.95. The van der Waals surface area contributed by atoms with E-state index >= 15 is 0 Å². The number of halogens is 2. The molecular formula is C15H17F2N3OS. The average molecular weight is 325 g/mol. The number of hydrogen-bond acceptors (Lipinski definition) is 5. The molecule has 0 spiro atoms. The third kappa shape index (κ3) is 3.10. The molecule has 1 saturated heterocycles. The van der Waals surface area contributed by atoms with Gasteiger partial charge in [0.15, 0.2) is 5.82 Å². The minimum atomic E-state index is -0.628. The fraction of sp³-hybridized carbons (Fsp3) is 0.467. The second-order valence-electron chi connectivity index (χ2n) is 5.74. The van der Waals surface area contributed by atoms with Crippen LogP contribution < -0.4 is 4.90 Å². The Kier molecular flexibility index (Phi) is 4.10. The zero-order valence-electron chi connectivity index (χ0n) is 12.5. The lowest BCUT2D eigenvalue weighted by Gasteiger charge is -2.39. The van der Waals surface area contributed by atoms with E-state index in [2.05, 4.69) is 21.2 Å². The summed E-state index contributed by atoms with van der Waals surface area (Å²) < 4.78 is 36.4. The van der Waals surface area contributed by atoms with Gasteiger partial charge >= 0.3 is 0 Å². The zero-order chi connectivity index (χ0) is 15.7. The Morgan fingerprint density at radius 3 is 2.68 bits per heavy atom. The molecule has 0 bridgehead atoms. The van der Waals surface area contributed by atoms with E-state index in [4.69, 9.17) is 4.74 Å². The molecule has 7 heteroatoms. The van der Waals surface area contributed by atoms with Crippen molar-refractivity contribution in [2.24, 2.45) is 0 Å². The van der Waals surface area contributed by atoms with Gasteiger partial charge in [-0.15, -0.1) is 0 Å².